The maximum Gasteiger partial charge on any atom is 0.306 e. The Kier molecular flexibility index (Phi) is 4.16. The molecule has 1 aliphatic heterocycles. The topological polar surface area (TPSA) is 66.8 Å². The molecule has 0 saturated carbocycles. The fourth-order valence-corrected chi connectivity index (χ4v) is 2.18. The molecule has 1 amide bonds. The van der Waals surface area contributed by atoms with Gasteiger partial charge in [0.2, 0.25) is 0 Å². The molecular formula is C14H17NO4. The van der Waals surface area contributed by atoms with Gasteiger partial charge >= 0.3 is 5.97 Å². The minimum absolute atomic E-state index is 0.0672. The first kappa shape index (κ1) is 13.5. The highest BCUT2D eigenvalue weighted by Gasteiger charge is 2.26. The number of aliphatic carboxylic acids is 1. The third-order valence-electron chi connectivity index (χ3n) is 3.09. The molecule has 102 valence electrons. The zero-order valence-corrected chi connectivity index (χ0v) is 10.8. The van der Waals surface area contributed by atoms with Crippen LogP contribution < -0.4 is 0 Å². The first-order valence-electron chi connectivity index (χ1n) is 6.25. The third-order valence-corrected chi connectivity index (χ3v) is 3.09. The number of morpholine rings is 1. The van der Waals surface area contributed by atoms with Gasteiger partial charge in [-0.05, 0) is 19.1 Å². The molecule has 2 rings (SSSR count). The average Bonchev–Trinajstić information content (AvgIpc) is 2.37. The highest BCUT2D eigenvalue weighted by Crippen LogP contribution is 2.13. The molecule has 0 radical (unpaired) electrons. The average molecular weight is 263 g/mol. The molecule has 1 N–H and O–H groups in total. The van der Waals surface area contributed by atoms with Crippen molar-refractivity contribution in [1.82, 2.24) is 4.90 Å². The van der Waals surface area contributed by atoms with Crippen molar-refractivity contribution in [2.45, 2.75) is 19.4 Å². The number of aryl methyl sites for hydroxylation is 1. The number of carboxylic acids is 1. The summed E-state index contributed by atoms with van der Waals surface area (Å²) in [5.41, 5.74) is 1.66. The van der Waals surface area contributed by atoms with Gasteiger partial charge in [0.1, 0.15) is 0 Å². The van der Waals surface area contributed by atoms with Gasteiger partial charge in [-0.3, -0.25) is 9.59 Å². The van der Waals surface area contributed by atoms with Gasteiger partial charge in [-0.15, -0.1) is 0 Å². The van der Waals surface area contributed by atoms with E-state index in [4.69, 9.17) is 9.84 Å². The van der Waals surface area contributed by atoms with Crippen molar-refractivity contribution in [3.63, 3.8) is 0 Å². The molecule has 1 saturated heterocycles. The van der Waals surface area contributed by atoms with Gasteiger partial charge in [0, 0.05) is 18.7 Å². The summed E-state index contributed by atoms with van der Waals surface area (Å²) in [7, 11) is 0. The number of carbonyl (C=O) groups is 2. The van der Waals surface area contributed by atoms with Crippen molar-refractivity contribution in [2.24, 2.45) is 0 Å². The van der Waals surface area contributed by atoms with Crippen molar-refractivity contribution in [2.75, 3.05) is 19.7 Å². The summed E-state index contributed by atoms with van der Waals surface area (Å²) >= 11 is 0. The SMILES string of the molecule is Cc1cccc(C(=O)N2CCOC(CC(=O)O)C2)c1. The van der Waals surface area contributed by atoms with Crippen LogP contribution in [0.4, 0.5) is 0 Å². The molecule has 0 spiro atoms. The summed E-state index contributed by atoms with van der Waals surface area (Å²) in [6, 6.07) is 7.39. The van der Waals surface area contributed by atoms with Crippen LogP contribution in [0.15, 0.2) is 24.3 Å². The van der Waals surface area contributed by atoms with Crippen LogP contribution >= 0.6 is 0 Å². The number of benzene rings is 1. The van der Waals surface area contributed by atoms with E-state index in [0.29, 0.717) is 25.3 Å². The number of nitrogens with zero attached hydrogens (tertiary/aromatic N) is 1. The monoisotopic (exact) mass is 263 g/mol. The minimum atomic E-state index is -0.908. The number of ether oxygens (including phenoxy) is 1. The van der Waals surface area contributed by atoms with Crippen molar-refractivity contribution in [1.29, 1.82) is 0 Å². The number of hydrogen-bond donors (Lipinski definition) is 1. The Morgan fingerprint density at radius 1 is 1.47 bits per heavy atom. The van der Waals surface area contributed by atoms with Crippen LogP contribution in [0.3, 0.4) is 0 Å². The van der Waals surface area contributed by atoms with E-state index in [-0.39, 0.29) is 12.3 Å². The predicted molar refractivity (Wildman–Crippen MR) is 69.1 cm³/mol. The van der Waals surface area contributed by atoms with Gasteiger partial charge < -0.3 is 14.7 Å². The molecule has 1 heterocycles. The van der Waals surface area contributed by atoms with E-state index in [1.54, 1.807) is 11.0 Å². The fourth-order valence-electron chi connectivity index (χ4n) is 2.18. The molecule has 1 aromatic carbocycles. The number of amides is 1. The van der Waals surface area contributed by atoms with E-state index in [1.165, 1.54) is 0 Å². The number of hydrogen-bond acceptors (Lipinski definition) is 3. The first-order chi connectivity index (χ1) is 9.06. The number of rotatable bonds is 3. The lowest BCUT2D eigenvalue weighted by Crippen LogP contribution is -2.46. The van der Waals surface area contributed by atoms with Gasteiger partial charge in [-0.1, -0.05) is 17.7 Å². The van der Waals surface area contributed by atoms with Crippen molar-refractivity contribution in [3.05, 3.63) is 35.4 Å². The highest BCUT2D eigenvalue weighted by molar-refractivity contribution is 5.94. The standard InChI is InChI=1S/C14H17NO4/c1-10-3-2-4-11(7-10)14(18)15-5-6-19-12(9-15)8-13(16)17/h2-4,7,12H,5-6,8-9H2,1H3,(H,16,17). The summed E-state index contributed by atoms with van der Waals surface area (Å²) < 4.78 is 5.35. The lowest BCUT2D eigenvalue weighted by Gasteiger charge is -2.32. The maximum absolute atomic E-state index is 12.3. The maximum atomic E-state index is 12.3. The van der Waals surface area contributed by atoms with E-state index in [0.717, 1.165) is 5.56 Å². The second kappa shape index (κ2) is 5.84. The van der Waals surface area contributed by atoms with Crippen LogP contribution in [0.1, 0.15) is 22.3 Å². The lowest BCUT2D eigenvalue weighted by molar-refractivity contribution is -0.141. The molecule has 1 atom stereocenters. The normalized spacial score (nSPS) is 19.2. The summed E-state index contributed by atoms with van der Waals surface area (Å²) in [6.45, 7) is 3.15. The summed E-state index contributed by atoms with van der Waals surface area (Å²) in [5.74, 6) is -0.975. The largest absolute Gasteiger partial charge is 0.481 e. The molecule has 1 fully saturated rings. The van der Waals surface area contributed by atoms with Crippen LogP contribution in [0.2, 0.25) is 0 Å². The number of carboxylic acid groups (broad SMARTS) is 1. The number of carbonyl (C=O) groups excluding carboxylic acids is 1. The van der Waals surface area contributed by atoms with Gasteiger partial charge in [0.05, 0.1) is 19.1 Å². The molecule has 5 heteroatoms. The molecule has 19 heavy (non-hydrogen) atoms. The van der Waals surface area contributed by atoms with E-state index in [9.17, 15) is 9.59 Å². The van der Waals surface area contributed by atoms with Crippen molar-refractivity contribution >= 4 is 11.9 Å². The van der Waals surface area contributed by atoms with Crippen LogP contribution in [-0.2, 0) is 9.53 Å². The Morgan fingerprint density at radius 2 is 2.26 bits per heavy atom. The molecule has 0 bridgehead atoms. The van der Waals surface area contributed by atoms with Crippen LogP contribution in [0.5, 0.6) is 0 Å². The fraction of sp³-hybridized carbons (Fsp3) is 0.429. The van der Waals surface area contributed by atoms with Gasteiger partial charge in [-0.2, -0.15) is 0 Å². The van der Waals surface area contributed by atoms with Crippen LogP contribution in [0, 0.1) is 6.92 Å². The first-order valence-corrected chi connectivity index (χ1v) is 6.25. The second-order valence-electron chi connectivity index (χ2n) is 4.71. The van der Waals surface area contributed by atoms with E-state index in [2.05, 4.69) is 0 Å². The van der Waals surface area contributed by atoms with Crippen molar-refractivity contribution in [3.8, 4) is 0 Å². The zero-order valence-electron chi connectivity index (χ0n) is 10.8. The Labute approximate surface area is 111 Å². The van der Waals surface area contributed by atoms with E-state index >= 15 is 0 Å². The zero-order chi connectivity index (χ0) is 13.8. The Bertz CT molecular complexity index is 486. The summed E-state index contributed by atoms with van der Waals surface area (Å²) in [6.07, 6.45) is -0.488. The van der Waals surface area contributed by atoms with E-state index in [1.807, 2.05) is 25.1 Å². The molecule has 1 unspecified atom stereocenters. The minimum Gasteiger partial charge on any atom is -0.481 e. The van der Waals surface area contributed by atoms with Gasteiger partial charge in [0.15, 0.2) is 0 Å². The van der Waals surface area contributed by atoms with Crippen molar-refractivity contribution < 1.29 is 19.4 Å². The highest BCUT2D eigenvalue weighted by atomic mass is 16.5. The molecule has 5 nitrogen and oxygen atoms in total. The third kappa shape index (κ3) is 3.54. The molecule has 1 aromatic rings. The van der Waals surface area contributed by atoms with Crippen LogP contribution in [0.25, 0.3) is 0 Å². The smallest absolute Gasteiger partial charge is 0.306 e. The molecule has 1 aliphatic rings. The Hall–Kier alpha value is -1.88. The van der Waals surface area contributed by atoms with E-state index < -0.39 is 12.1 Å². The molecular weight excluding hydrogens is 246 g/mol. The quantitative estimate of drug-likeness (QED) is 0.893. The molecule has 0 aromatic heterocycles. The second-order valence-corrected chi connectivity index (χ2v) is 4.71. The predicted octanol–water partition coefficient (Wildman–Crippen LogP) is 1.31. The van der Waals surface area contributed by atoms with Gasteiger partial charge in [-0.25, -0.2) is 0 Å². The van der Waals surface area contributed by atoms with Crippen LogP contribution in [-0.4, -0.2) is 47.7 Å². The lowest BCUT2D eigenvalue weighted by atomic mass is 10.1. The summed E-state index contributed by atoms with van der Waals surface area (Å²) in [4.78, 5) is 24.6. The Morgan fingerprint density at radius 3 is 2.95 bits per heavy atom. The Balaban J connectivity index is 2.04. The van der Waals surface area contributed by atoms with Gasteiger partial charge in [0.25, 0.3) is 5.91 Å². The summed E-state index contributed by atoms with van der Waals surface area (Å²) in [5, 5.41) is 8.76. The molecule has 0 aliphatic carbocycles.